The molecule has 0 bridgehead atoms. The number of hydrogen-bond donors (Lipinski definition) is 3. The minimum absolute atomic E-state index is 0.0176. The Kier molecular flexibility index (Phi) is 2.70. The maximum Gasteiger partial charge on any atom is 0.340 e. The van der Waals surface area contributed by atoms with Crippen molar-refractivity contribution in [1.29, 1.82) is 0 Å². The van der Waals surface area contributed by atoms with Crippen molar-refractivity contribution in [3.05, 3.63) is 33.7 Å². The predicted molar refractivity (Wildman–Crippen MR) is 61.9 cm³/mol. The van der Waals surface area contributed by atoms with Crippen LogP contribution in [0.2, 0.25) is 0 Å². The number of carboxylic acids is 1. The second kappa shape index (κ2) is 4.06. The summed E-state index contributed by atoms with van der Waals surface area (Å²) in [5.41, 5.74) is -0.450. The average molecular weight is 250 g/mol. The molecule has 0 saturated heterocycles. The third-order valence-corrected chi connectivity index (χ3v) is 2.67. The van der Waals surface area contributed by atoms with E-state index in [1.807, 2.05) is 0 Å². The summed E-state index contributed by atoms with van der Waals surface area (Å²) < 4.78 is 4.90. The van der Waals surface area contributed by atoms with Crippen LogP contribution in [0.3, 0.4) is 0 Å². The molecule has 18 heavy (non-hydrogen) atoms. The molecular formula is C12H10O6. The summed E-state index contributed by atoms with van der Waals surface area (Å²) in [5.74, 6) is -1.67. The Labute approximate surface area is 101 Å². The summed E-state index contributed by atoms with van der Waals surface area (Å²) in [5, 5.41) is 27.9. The molecule has 6 heteroatoms. The Hall–Kier alpha value is -2.50. The lowest BCUT2D eigenvalue weighted by atomic mass is 10.0. The zero-order valence-corrected chi connectivity index (χ0v) is 9.43. The number of aromatic hydroxyl groups is 2. The van der Waals surface area contributed by atoms with Crippen LogP contribution in [0.15, 0.2) is 21.3 Å². The Balaban J connectivity index is 2.85. The summed E-state index contributed by atoms with van der Waals surface area (Å²) in [6, 6.07) is 2.29. The van der Waals surface area contributed by atoms with Crippen molar-refractivity contribution in [3.8, 4) is 11.5 Å². The molecule has 0 aliphatic rings. The van der Waals surface area contributed by atoms with Crippen LogP contribution >= 0.6 is 0 Å². The second-order valence-electron chi connectivity index (χ2n) is 3.90. The quantitative estimate of drug-likeness (QED) is 0.690. The van der Waals surface area contributed by atoms with Gasteiger partial charge in [-0.25, -0.2) is 4.79 Å². The van der Waals surface area contributed by atoms with Crippen molar-refractivity contribution in [2.75, 3.05) is 0 Å². The molecule has 0 radical (unpaired) electrons. The number of aliphatic carboxylic acids is 1. The maximum absolute atomic E-state index is 11.6. The number of benzene rings is 1. The van der Waals surface area contributed by atoms with Crippen LogP contribution in [0.5, 0.6) is 11.5 Å². The van der Waals surface area contributed by atoms with E-state index in [4.69, 9.17) is 9.52 Å². The Morgan fingerprint density at radius 3 is 2.61 bits per heavy atom. The Bertz CT molecular complexity index is 698. The maximum atomic E-state index is 11.6. The number of phenolic OH excluding ortho intramolecular Hbond substituents is 2. The summed E-state index contributed by atoms with van der Waals surface area (Å²) in [6.45, 7) is 1.52. The van der Waals surface area contributed by atoms with Gasteiger partial charge in [-0.05, 0) is 12.5 Å². The summed E-state index contributed by atoms with van der Waals surface area (Å²) in [4.78, 5) is 22.3. The molecule has 94 valence electrons. The van der Waals surface area contributed by atoms with Crippen LogP contribution in [0.25, 0.3) is 11.0 Å². The minimum atomic E-state index is -1.16. The number of aryl methyl sites for hydroxylation is 1. The predicted octanol–water partition coefficient (Wildman–Crippen LogP) is 1.14. The van der Waals surface area contributed by atoms with Gasteiger partial charge in [0.05, 0.1) is 17.4 Å². The van der Waals surface area contributed by atoms with E-state index in [0.717, 1.165) is 6.07 Å². The molecule has 6 nitrogen and oxygen atoms in total. The number of hydrogen-bond acceptors (Lipinski definition) is 5. The molecule has 0 unspecified atom stereocenters. The van der Waals surface area contributed by atoms with Gasteiger partial charge in [0.1, 0.15) is 17.1 Å². The van der Waals surface area contributed by atoms with Gasteiger partial charge in [-0.3, -0.25) is 4.79 Å². The van der Waals surface area contributed by atoms with Gasteiger partial charge in [0.2, 0.25) is 0 Å². The van der Waals surface area contributed by atoms with Crippen LogP contribution in [0, 0.1) is 6.92 Å². The first-order valence-electron chi connectivity index (χ1n) is 5.10. The molecule has 1 aromatic carbocycles. The van der Waals surface area contributed by atoms with Gasteiger partial charge in [-0.15, -0.1) is 0 Å². The van der Waals surface area contributed by atoms with E-state index in [0.29, 0.717) is 5.56 Å². The molecular weight excluding hydrogens is 240 g/mol. The third kappa shape index (κ3) is 1.88. The van der Waals surface area contributed by atoms with Gasteiger partial charge in [0.25, 0.3) is 0 Å². The van der Waals surface area contributed by atoms with E-state index >= 15 is 0 Å². The average Bonchev–Trinajstić information content (AvgIpc) is 2.22. The van der Waals surface area contributed by atoms with E-state index in [1.165, 1.54) is 13.0 Å². The van der Waals surface area contributed by atoms with Crippen molar-refractivity contribution in [3.63, 3.8) is 0 Å². The number of fused-ring (bicyclic) bond motifs is 1. The molecule has 0 aliphatic heterocycles. The SMILES string of the molecule is Cc1c(CC(=O)O)c(=O)oc2cc(O)cc(O)c12. The van der Waals surface area contributed by atoms with Gasteiger partial charge in [-0.1, -0.05) is 0 Å². The van der Waals surface area contributed by atoms with E-state index in [2.05, 4.69) is 0 Å². The lowest BCUT2D eigenvalue weighted by molar-refractivity contribution is -0.136. The van der Waals surface area contributed by atoms with Crippen LogP contribution < -0.4 is 5.63 Å². The van der Waals surface area contributed by atoms with Gasteiger partial charge in [0.15, 0.2) is 0 Å². The minimum Gasteiger partial charge on any atom is -0.508 e. The number of rotatable bonds is 2. The molecule has 1 aromatic heterocycles. The van der Waals surface area contributed by atoms with Crippen molar-refractivity contribution < 1.29 is 24.5 Å². The first-order chi connectivity index (χ1) is 8.40. The van der Waals surface area contributed by atoms with Crippen molar-refractivity contribution >= 4 is 16.9 Å². The molecule has 2 rings (SSSR count). The molecule has 0 atom stereocenters. The highest BCUT2D eigenvalue weighted by Crippen LogP contribution is 2.32. The van der Waals surface area contributed by atoms with Crippen molar-refractivity contribution in [2.24, 2.45) is 0 Å². The van der Waals surface area contributed by atoms with Gasteiger partial charge < -0.3 is 19.7 Å². The lowest BCUT2D eigenvalue weighted by Crippen LogP contribution is -2.14. The van der Waals surface area contributed by atoms with Crippen molar-refractivity contribution in [1.82, 2.24) is 0 Å². The molecule has 0 amide bonds. The first-order valence-corrected chi connectivity index (χ1v) is 5.10. The highest BCUT2D eigenvalue weighted by atomic mass is 16.4. The van der Waals surface area contributed by atoms with Crippen LogP contribution in [0.1, 0.15) is 11.1 Å². The standard InChI is InChI=1S/C12H10O6/c1-5-7(4-10(15)16)12(17)18-9-3-6(13)2-8(14)11(5)9/h2-3,13-14H,4H2,1H3,(H,15,16). The fraction of sp³-hybridized carbons (Fsp3) is 0.167. The fourth-order valence-corrected chi connectivity index (χ4v) is 1.87. The zero-order chi connectivity index (χ0) is 13.4. The van der Waals surface area contributed by atoms with Gasteiger partial charge in [-0.2, -0.15) is 0 Å². The van der Waals surface area contributed by atoms with Gasteiger partial charge >= 0.3 is 11.6 Å². The molecule has 0 spiro atoms. The van der Waals surface area contributed by atoms with E-state index < -0.39 is 18.0 Å². The number of carboxylic acid groups (broad SMARTS) is 1. The summed E-state index contributed by atoms with van der Waals surface area (Å²) in [7, 11) is 0. The molecule has 2 aromatic rings. The molecule has 3 N–H and O–H groups in total. The summed E-state index contributed by atoms with van der Waals surface area (Å²) in [6.07, 6.45) is -0.482. The van der Waals surface area contributed by atoms with Crippen LogP contribution in [0.4, 0.5) is 0 Å². The van der Waals surface area contributed by atoms with Crippen LogP contribution in [-0.2, 0) is 11.2 Å². The molecule has 0 aliphatic carbocycles. The first kappa shape index (κ1) is 12.0. The lowest BCUT2D eigenvalue weighted by Gasteiger charge is -2.07. The topological polar surface area (TPSA) is 108 Å². The Morgan fingerprint density at radius 2 is 2.00 bits per heavy atom. The number of carbonyl (C=O) groups is 1. The highest BCUT2D eigenvalue weighted by molar-refractivity contribution is 5.89. The van der Waals surface area contributed by atoms with Gasteiger partial charge in [0, 0.05) is 12.1 Å². The molecule has 1 heterocycles. The number of phenols is 2. The largest absolute Gasteiger partial charge is 0.508 e. The van der Waals surface area contributed by atoms with Crippen LogP contribution in [-0.4, -0.2) is 21.3 Å². The monoisotopic (exact) mass is 250 g/mol. The highest BCUT2D eigenvalue weighted by Gasteiger charge is 2.17. The van der Waals surface area contributed by atoms with E-state index in [9.17, 15) is 19.8 Å². The Morgan fingerprint density at radius 1 is 1.33 bits per heavy atom. The zero-order valence-electron chi connectivity index (χ0n) is 9.43. The second-order valence-corrected chi connectivity index (χ2v) is 3.90. The summed E-state index contributed by atoms with van der Waals surface area (Å²) >= 11 is 0. The smallest absolute Gasteiger partial charge is 0.340 e. The van der Waals surface area contributed by atoms with E-state index in [1.54, 1.807) is 0 Å². The van der Waals surface area contributed by atoms with Crippen molar-refractivity contribution in [2.45, 2.75) is 13.3 Å². The normalized spacial score (nSPS) is 10.7. The van der Waals surface area contributed by atoms with E-state index in [-0.39, 0.29) is 28.0 Å². The fourth-order valence-electron chi connectivity index (χ4n) is 1.87. The molecule has 0 saturated carbocycles. The molecule has 0 fully saturated rings. The third-order valence-electron chi connectivity index (χ3n) is 2.67.